The zero-order chi connectivity index (χ0) is 20.1. The van der Waals surface area contributed by atoms with Crippen LogP contribution in [0, 0.1) is 0 Å². The summed E-state index contributed by atoms with van der Waals surface area (Å²) in [5.74, 6) is -0.200. The van der Waals surface area contributed by atoms with Gasteiger partial charge in [-0.15, -0.1) is 0 Å². The van der Waals surface area contributed by atoms with Gasteiger partial charge in [-0.3, -0.25) is 9.89 Å². The van der Waals surface area contributed by atoms with Gasteiger partial charge in [0.15, 0.2) is 0 Å². The topological polar surface area (TPSA) is 79.9 Å². The van der Waals surface area contributed by atoms with Crippen LogP contribution in [0.5, 0.6) is 11.6 Å². The molecule has 0 spiro atoms. The number of hydrogen-bond acceptors (Lipinski definition) is 4. The number of halogens is 3. The SMILES string of the molecule is CCc1[nH]ncc1C(=O)NCc1cccnc1Oc1cccc(C(F)(F)F)c1. The van der Waals surface area contributed by atoms with Crippen molar-refractivity contribution in [3.8, 4) is 11.6 Å². The summed E-state index contributed by atoms with van der Waals surface area (Å²) in [7, 11) is 0. The van der Waals surface area contributed by atoms with E-state index in [2.05, 4.69) is 20.5 Å². The number of H-pyrrole nitrogens is 1. The third kappa shape index (κ3) is 4.48. The maximum absolute atomic E-state index is 12.9. The highest BCUT2D eigenvalue weighted by molar-refractivity contribution is 5.95. The number of nitrogens with zero attached hydrogens (tertiary/aromatic N) is 2. The number of aromatic amines is 1. The first kappa shape index (κ1) is 19.4. The monoisotopic (exact) mass is 390 g/mol. The molecule has 0 atom stereocenters. The Bertz CT molecular complexity index is 970. The fourth-order valence-electron chi connectivity index (χ4n) is 2.55. The van der Waals surface area contributed by atoms with Gasteiger partial charge in [-0.25, -0.2) is 4.98 Å². The second-order valence-electron chi connectivity index (χ2n) is 5.89. The largest absolute Gasteiger partial charge is 0.439 e. The van der Waals surface area contributed by atoms with E-state index in [0.717, 1.165) is 12.1 Å². The number of aromatic nitrogens is 3. The Kier molecular flexibility index (Phi) is 5.62. The fourth-order valence-corrected chi connectivity index (χ4v) is 2.55. The molecule has 2 aromatic heterocycles. The molecule has 2 N–H and O–H groups in total. The second kappa shape index (κ2) is 8.12. The third-order valence-electron chi connectivity index (χ3n) is 3.98. The predicted molar refractivity (Wildman–Crippen MR) is 94.9 cm³/mol. The molecular weight excluding hydrogens is 373 g/mol. The molecule has 2 heterocycles. The quantitative estimate of drug-likeness (QED) is 0.664. The standard InChI is InChI=1S/C19H17F3N4O2/c1-2-16-15(11-25-26-16)17(27)24-10-12-5-4-8-23-18(12)28-14-7-3-6-13(9-14)19(20,21)22/h3-9,11H,2,10H2,1H3,(H,24,27)(H,25,26). The Morgan fingerprint density at radius 2 is 2.07 bits per heavy atom. The summed E-state index contributed by atoms with van der Waals surface area (Å²) >= 11 is 0. The lowest BCUT2D eigenvalue weighted by Gasteiger charge is -2.12. The molecular formula is C19H17F3N4O2. The van der Waals surface area contributed by atoms with E-state index in [-0.39, 0.29) is 24.1 Å². The van der Waals surface area contributed by atoms with Gasteiger partial charge in [-0.05, 0) is 30.7 Å². The molecule has 0 aliphatic heterocycles. The van der Waals surface area contributed by atoms with Gasteiger partial charge < -0.3 is 10.1 Å². The average Bonchev–Trinajstić information content (AvgIpc) is 3.15. The van der Waals surface area contributed by atoms with Gasteiger partial charge in [0.05, 0.1) is 17.3 Å². The summed E-state index contributed by atoms with van der Waals surface area (Å²) in [5.41, 5.74) is 0.855. The van der Waals surface area contributed by atoms with Crippen molar-refractivity contribution in [2.45, 2.75) is 26.1 Å². The zero-order valence-corrected chi connectivity index (χ0v) is 14.9. The fraction of sp³-hybridized carbons (Fsp3) is 0.211. The van der Waals surface area contributed by atoms with E-state index in [0.29, 0.717) is 23.2 Å². The summed E-state index contributed by atoms with van der Waals surface area (Å²) < 4.78 is 44.1. The number of carbonyl (C=O) groups excluding carboxylic acids is 1. The minimum atomic E-state index is -4.47. The Morgan fingerprint density at radius 1 is 1.25 bits per heavy atom. The average molecular weight is 390 g/mol. The van der Waals surface area contributed by atoms with Crippen molar-refractivity contribution in [1.29, 1.82) is 0 Å². The van der Waals surface area contributed by atoms with Crippen molar-refractivity contribution in [1.82, 2.24) is 20.5 Å². The van der Waals surface area contributed by atoms with Crippen LogP contribution in [0.15, 0.2) is 48.8 Å². The van der Waals surface area contributed by atoms with Gasteiger partial charge in [-0.2, -0.15) is 18.3 Å². The molecule has 9 heteroatoms. The number of rotatable bonds is 6. The lowest BCUT2D eigenvalue weighted by molar-refractivity contribution is -0.137. The van der Waals surface area contributed by atoms with E-state index >= 15 is 0 Å². The van der Waals surface area contributed by atoms with Crippen molar-refractivity contribution in [3.05, 3.63) is 71.2 Å². The lowest BCUT2D eigenvalue weighted by Crippen LogP contribution is -2.23. The molecule has 3 aromatic rings. The van der Waals surface area contributed by atoms with Crippen LogP contribution >= 0.6 is 0 Å². The normalized spacial score (nSPS) is 11.3. The molecule has 0 bridgehead atoms. The Balaban J connectivity index is 1.74. The highest BCUT2D eigenvalue weighted by Crippen LogP contribution is 2.32. The second-order valence-corrected chi connectivity index (χ2v) is 5.89. The zero-order valence-electron chi connectivity index (χ0n) is 14.9. The van der Waals surface area contributed by atoms with Crippen molar-refractivity contribution < 1.29 is 22.7 Å². The molecule has 6 nitrogen and oxygen atoms in total. The molecule has 1 aromatic carbocycles. The van der Waals surface area contributed by atoms with E-state index in [1.165, 1.54) is 24.5 Å². The van der Waals surface area contributed by atoms with Crippen LogP contribution in [0.3, 0.4) is 0 Å². The summed E-state index contributed by atoms with van der Waals surface area (Å²) in [5, 5.41) is 9.35. The molecule has 0 unspecified atom stereocenters. The molecule has 0 radical (unpaired) electrons. The van der Waals surface area contributed by atoms with E-state index in [9.17, 15) is 18.0 Å². The first-order chi connectivity index (χ1) is 13.4. The number of ether oxygens (including phenoxy) is 1. The molecule has 0 saturated heterocycles. The van der Waals surface area contributed by atoms with Crippen molar-refractivity contribution in [3.63, 3.8) is 0 Å². The van der Waals surface area contributed by atoms with E-state index in [1.54, 1.807) is 12.1 Å². The molecule has 0 aliphatic carbocycles. The maximum Gasteiger partial charge on any atom is 0.416 e. The van der Waals surface area contributed by atoms with Gasteiger partial charge in [0.25, 0.3) is 5.91 Å². The highest BCUT2D eigenvalue weighted by Gasteiger charge is 2.30. The van der Waals surface area contributed by atoms with E-state index in [4.69, 9.17) is 4.74 Å². The summed E-state index contributed by atoms with van der Waals surface area (Å²) in [6.07, 6.45) is -0.946. The van der Waals surface area contributed by atoms with Gasteiger partial charge in [0.1, 0.15) is 5.75 Å². The molecule has 3 rings (SSSR count). The van der Waals surface area contributed by atoms with Crippen LogP contribution in [0.4, 0.5) is 13.2 Å². The molecule has 28 heavy (non-hydrogen) atoms. The first-order valence-corrected chi connectivity index (χ1v) is 8.48. The van der Waals surface area contributed by atoms with Crippen LogP contribution < -0.4 is 10.1 Å². The van der Waals surface area contributed by atoms with Crippen LogP contribution in [0.1, 0.15) is 34.1 Å². The number of alkyl halides is 3. The predicted octanol–water partition coefficient (Wildman–Crippen LogP) is 4.11. The molecule has 0 aliphatic rings. The number of aryl methyl sites for hydroxylation is 1. The Hall–Kier alpha value is -3.36. The van der Waals surface area contributed by atoms with E-state index in [1.807, 2.05) is 6.92 Å². The molecule has 1 amide bonds. The lowest BCUT2D eigenvalue weighted by atomic mass is 10.2. The minimum absolute atomic E-state index is 0.00389. The van der Waals surface area contributed by atoms with Gasteiger partial charge in [0, 0.05) is 24.0 Å². The molecule has 0 saturated carbocycles. The van der Waals surface area contributed by atoms with Gasteiger partial charge in [-0.1, -0.05) is 19.1 Å². The van der Waals surface area contributed by atoms with Gasteiger partial charge in [0.2, 0.25) is 5.88 Å². The Labute approximate surface area is 158 Å². The minimum Gasteiger partial charge on any atom is -0.439 e. The number of amides is 1. The van der Waals surface area contributed by atoms with Crippen molar-refractivity contribution in [2.75, 3.05) is 0 Å². The molecule has 146 valence electrons. The first-order valence-electron chi connectivity index (χ1n) is 8.48. The van der Waals surface area contributed by atoms with Crippen molar-refractivity contribution in [2.24, 2.45) is 0 Å². The van der Waals surface area contributed by atoms with Gasteiger partial charge >= 0.3 is 6.18 Å². The number of pyridine rings is 1. The van der Waals surface area contributed by atoms with Crippen LogP contribution in [-0.4, -0.2) is 21.1 Å². The number of hydrogen-bond donors (Lipinski definition) is 2. The maximum atomic E-state index is 12.9. The summed E-state index contributed by atoms with van der Waals surface area (Å²) in [4.78, 5) is 16.4. The van der Waals surface area contributed by atoms with Crippen molar-refractivity contribution >= 4 is 5.91 Å². The smallest absolute Gasteiger partial charge is 0.416 e. The number of benzene rings is 1. The van der Waals surface area contributed by atoms with Crippen LogP contribution in [-0.2, 0) is 19.1 Å². The summed E-state index contributed by atoms with van der Waals surface area (Å²) in [6, 6.07) is 7.85. The van der Waals surface area contributed by atoms with Crippen LogP contribution in [0.25, 0.3) is 0 Å². The third-order valence-corrected chi connectivity index (χ3v) is 3.98. The molecule has 0 fully saturated rings. The van der Waals surface area contributed by atoms with E-state index < -0.39 is 11.7 Å². The highest BCUT2D eigenvalue weighted by atomic mass is 19.4. The van der Waals surface area contributed by atoms with Crippen LogP contribution in [0.2, 0.25) is 0 Å². The Morgan fingerprint density at radius 3 is 2.82 bits per heavy atom. The summed E-state index contributed by atoms with van der Waals surface area (Å²) in [6.45, 7) is 1.99. The number of carbonyl (C=O) groups is 1. The number of nitrogens with one attached hydrogen (secondary N) is 2.